The highest BCUT2D eigenvalue weighted by Crippen LogP contribution is 2.20. The van der Waals surface area contributed by atoms with Gasteiger partial charge in [-0.1, -0.05) is 36.2 Å². The molecule has 2 aromatic rings. The molecule has 0 bridgehead atoms. The van der Waals surface area contributed by atoms with Crippen LogP contribution in [0.1, 0.15) is 55.2 Å². The number of nitrogens with one attached hydrogen (secondary N) is 1. The van der Waals surface area contributed by atoms with Crippen molar-refractivity contribution >= 4 is 17.5 Å². The molecule has 1 aromatic heterocycles. The summed E-state index contributed by atoms with van der Waals surface area (Å²) < 4.78 is 1.71. The molecule has 0 atom stereocenters. The molecule has 0 spiro atoms. The standard InChI is InChI=1S/C18H24ClN5O/c1-2-4-16-17(18(25)21-14-9-7-13(20)8-10-14)22-23-24(16)15-6-3-5-12(19)11-15/h3,5-6,11,13-14H,2,4,7-10,20H2,1H3,(H,21,25). The van der Waals surface area contributed by atoms with E-state index in [1.54, 1.807) is 4.68 Å². The van der Waals surface area contributed by atoms with Gasteiger partial charge >= 0.3 is 0 Å². The summed E-state index contributed by atoms with van der Waals surface area (Å²) in [5.74, 6) is -0.155. The van der Waals surface area contributed by atoms with Gasteiger partial charge in [0.05, 0.1) is 11.4 Å². The number of hydrogen-bond donors (Lipinski definition) is 2. The topological polar surface area (TPSA) is 85.8 Å². The zero-order valence-corrected chi connectivity index (χ0v) is 15.2. The number of hydrogen-bond acceptors (Lipinski definition) is 4. The number of carbonyl (C=O) groups is 1. The van der Waals surface area contributed by atoms with Crippen LogP contribution in [0, 0.1) is 0 Å². The van der Waals surface area contributed by atoms with E-state index in [4.69, 9.17) is 17.3 Å². The zero-order valence-electron chi connectivity index (χ0n) is 14.4. The minimum absolute atomic E-state index is 0.155. The zero-order chi connectivity index (χ0) is 17.8. The van der Waals surface area contributed by atoms with E-state index >= 15 is 0 Å². The van der Waals surface area contributed by atoms with E-state index in [0.717, 1.165) is 49.9 Å². The fraction of sp³-hybridized carbons (Fsp3) is 0.500. The maximum Gasteiger partial charge on any atom is 0.273 e. The quantitative estimate of drug-likeness (QED) is 0.857. The second-order valence-electron chi connectivity index (χ2n) is 6.61. The van der Waals surface area contributed by atoms with Crippen molar-refractivity contribution in [1.82, 2.24) is 20.3 Å². The number of aromatic nitrogens is 3. The Morgan fingerprint density at radius 1 is 1.36 bits per heavy atom. The summed E-state index contributed by atoms with van der Waals surface area (Å²) in [5, 5.41) is 12.1. The highest BCUT2D eigenvalue weighted by atomic mass is 35.5. The molecule has 1 aliphatic carbocycles. The lowest BCUT2D eigenvalue weighted by atomic mass is 9.92. The first-order valence-electron chi connectivity index (χ1n) is 8.85. The molecule has 1 aromatic carbocycles. The molecule has 25 heavy (non-hydrogen) atoms. The highest BCUT2D eigenvalue weighted by molar-refractivity contribution is 6.30. The van der Waals surface area contributed by atoms with Crippen LogP contribution >= 0.6 is 11.6 Å². The van der Waals surface area contributed by atoms with Crippen molar-refractivity contribution in [2.75, 3.05) is 0 Å². The molecule has 134 valence electrons. The van der Waals surface area contributed by atoms with Crippen molar-refractivity contribution in [3.05, 3.63) is 40.7 Å². The first-order valence-corrected chi connectivity index (χ1v) is 9.23. The van der Waals surface area contributed by atoms with Crippen LogP contribution in [0.25, 0.3) is 5.69 Å². The average molecular weight is 362 g/mol. The van der Waals surface area contributed by atoms with E-state index in [1.165, 1.54) is 0 Å². The van der Waals surface area contributed by atoms with Crippen LogP contribution in [0.3, 0.4) is 0 Å². The van der Waals surface area contributed by atoms with Gasteiger partial charge in [-0.2, -0.15) is 0 Å². The second kappa shape index (κ2) is 7.97. The number of benzene rings is 1. The largest absolute Gasteiger partial charge is 0.348 e. The second-order valence-corrected chi connectivity index (χ2v) is 7.05. The predicted octanol–water partition coefficient (Wildman–Crippen LogP) is 2.87. The van der Waals surface area contributed by atoms with E-state index in [9.17, 15) is 4.79 Å². The summed E-state index contributed by atoms with van der Waals surface area (Å²) in [6, 6.07) is 7.82. The molecule has 7 heteroatoms. The number of nitrogens with zero attached hydrogens (tertiary/aromatic N) is 3. The first-order chi connectivity index (χ1) is 12.1. The van der Waals surface area contributed by atoms with Crippen molar-refractivity contribution in [1.29, 1.82) is 0 Å². The third-order valence-electron chi connectivity index (χ3n) is 4.62. The Morgan fingerprint density at radius 3 is 2.80 bits per heavy atom. The maximum atomic E-state index is 12.7. The monoisotopic (exact) mass is 361 g/mol. The van der Waals surface area contributed by atoms with Crippen molar-refractivity contribution in [3.63, 3.8) is 0 Å². The number of rotatable bonds is 5. The first kappa shape index (κ1) is 17.9. The summed E-state index contributed by atoms with van der Waals surface area (Å²) in [5.41, 5.74) is 7.96. The fourth-order valence-corrected chi connectivity index (χ4v) is 3.46. The number of carbonyl (C=O) groups excluding carboxylic acids is 1. The summed E-state index contributed by atoms with van der Waals surface area (Å²) in [6.45, 7) is 2.07. The van der Waals surface area contributed by atoms with E-state index < -0.39 is 0 Å². The third-order valence-corrected chi connectivity index (χ3v) is 4.86. The lowest BCUT2D eigenvalue weighted by Crippen LogP contribution is -2.40. The van der Waals surface area contributed by atoms with Crippen molar-refractivity contribution < 1.29 is 4.79 Å². The number of amides is 1. The van der Waals surface area contributed by atoms with Crippen LogP contribution in [0.15, 0.2) is 24.3 Å². The minimum atomic E-state index is -0.155. The highest BCUT2D eigenvalue weighted by Gasteiger charge is 2.25. The van der Waals surface area contributed by atoms with Gasteiger partial charge in [-0.25, -0.2) is 4.68 Å². The SMILES string of the molecule is CCCc1c(C(=O)NC2CCC(N)CC2)nnn1-c1cccc(Cl)c1. The van der Waals surface area contributed by atoms with Gasteiger partial charge in [0.25, 0.3) is 5.91 Å². The van der Waals surface area contributed by atoms with Gasteiger partial charge < -0.3 is 11.1 Å². The Kier molecular flexibility index (Phi) is 5.71. The van der Waals surface area contributed by atoms with Gasteiger partial charge in [-0.15, -0.1) is 5.10 Å². The fourth-order valence-electron chi connectivity index (χ4n) is 3.27. The molecular formula is C18H24ClN5O. The number of halogens is 1. The Bertz CT molecular complexity index is 737. The molecule has 0 saturated heterocycles. The number of nitrogens with two attached hydrogens (primary N) is 1. The molecule has 1 heterocycles. The Morgan fingerprint density at radius 2 is 2.12 bits per heavy atom. The van der Waals surface area contributed by atoms with Crippen LogP contribution in [-0.2, 0) is 6.42 Å². The average Bonchev–Trinajstić information content (AvgIpc) is 3.01. The Balaban J connectivity index is 1.82. The molecule has 1 amide bonds. The van der Waals surface area contributed by atoms with Crippen LogP contribution in [-0.4, -0.2) is 33.0 Å². The van der Waals surface area contributed by atoms with Crippen molar-refractivity contribution in [2.24, 2.45) is 5.73 Å². The van der Waals surface area contributed by atoms with Crippen LogP contribution in [0.2, 0.25) is 5.02 Å². The van der Waals surface area contributed by atoms with Gasteiger partial charge in [0.15, 0.2) is 5.69 Å². The van der Waals surface area contributed by atoms with Crippen LogP contribution < -0.4 is 11.1 Å². The van der Waals surface area contributed by atoms with E-state index in [0.29, 0.717) is 10.7 Å². The lowest BCUT2D eigenvalue weighted by molar-refractivity contribution is 0.0919. The van der Waals surface area contributed by atoms with Gasteiger partial charge in [-0.3, -0.25) is 4.79 Å². The summed E-state index contributed by atoms with van der Waals surface area (Å²) in [4.78, 5) is 12.7. The molecule has 1 aliphatic rings. The molecule has 6 nitrogen and oxygen atoms in total. The molecule has 3 rings (SSSR count). The summed E-state index contributed by atoms with van der Waals surface area (Å²) >= 11 is 6.08. The molecule has 1 saturated carbocycles. The summed E-state index contributed by atoms with van der Waals surface area (Å²) in [6.07, 6.45) is 5.34. The molecule has 0 unspecified atom stereocenters. The van der Waals surface area contributed by atoms with E-state index in [-0.39, 0.29) is 18.0 Å². The molecule has 0 radical (unpaired) electrons. The maximum absolute atomic E-state index is 12.7. The molecular weight excluding hydrogens is 338 g/mol. The van der Waals surface area contributed by atoms with Gasteiger partial charge in [0.2, 0.25) is 0 Å². The van der Waals surface area contributed by atoms with Gasteiger partial charge in [0.1, 0.15) is 0 Å². The minimum Gasteiger partial charge on any atom is -0.348 e. The van der Waals surface area contributed by atoms with Gasteiger partial charge in [-0.05, 0) is 50.3 Å². The summed E-state index contributed by atoms with van der Waals surface area (Å²) in [7, 11) is 0. The smallest absolute Gasteiger partial charge is 0.273 e. The lowest BCUT2D eigenvalue weighted by Gasteiger charge is -2.26. The molecule has 1 fully saturated rings. The Hall–Kier alpha value is -1.92. The predicted molar refractivity (Wildman–Crippen MR) is 98.1 cm³/mol. The van der Waals surface area contributed by atoms with Crippen molar-refractivity contribution in [2.45, 2.75) is 57.5 Å². The van der Waals surface area contributed by atoms with Gasteiger partial charge in [0, 0.05) is 17.1 Å². The molecule has 3 N–H and O–H groups in total. The van der Waals surface area contributed by atoms with Crippen LogP contribution in [0.4, 0.5) is 0 Å². The Labute approximate surface area is 152 Å². The van der Waals surface area contributed by atoms with Crippen LogP contribution in [0.5, 0.6) is 0 Å². The van der Waals surface area contributed by atoms with E-state index in [1.807, 2.05) is 24.3 Å². The third kappa shape index (κ3) is 4.19. The normalized spacial score (nSPS) is 20.4. The van der Waals surface area contributed by atoms with E-state index in [2.05, 4.69) is 22.6 Å². The van der Waals surface area contributed by atoms with Crippen molar-refractivity contribution in [3.8, 4) is 5.69 Å². The molecule has 0 aliphatic heterocycles.